The molecular weight excluding hydrogens is 318 g/mol. The number of carbonyl (C=O) groups is 1. The molecule has 0 bridgehead atoms. The first-order chi connectivity index (χ1) is 9.42. The Morgan fingerprint density at radius 1 is 1.29 bits per heavy atom. The van der Waals surface area contributed by atoms with Crippen LogP contribution in [0.4, 0.5) is 0 Å². The van der Waals surface area contributed by atoms with Gasteiger partial charge in [0, 0.05) is 11.8 Å². The highest BCUT2D eigenvalue weighted by molar-refractivity contribution is 8.13. The third-order valence-corrected chi connectivity index (χ3v) is 9.72. The van der Waals surface area contributed by atoms with Gasteiger partial charge in [-0.3, -0.25) is 0 Å². The molecule has 0 aromatic carbocycles. The van der Waals surface area contributed by atoms with Gasteiger partial charge < -0.3 is 14.0 Å². The summed E-state index contributed by atoms with van der Waals surface area (Å²) in [5.74, 6) is 0.121. The van der Waals surface area contributed by atoms with Crippen LogP contribution < -0.4 is 0 Å². The van der Waals surface area contributed by atoms with E-state index in [1.807, 2.05) is 6.92 Å². The second kappa shape index (κ2) is 9.08. The smallest absolute Gasteiger partial charge is 0.192 e. The molecule has 0 aliphatic carbocycles. The molecular formula is C15H34O3P2Si. The molecule has 0 fully saturated rings. The van der Waals surface area contributed by atoms with Gasteiger partial charge in [-0.2, -0.15) is 0 Å². The van der Waals surface area contributed by atoms with Crippen LogP contribution in [-0.2, 0) is 14.0 Å². The number of hydrogen-bond donors (Lipinski definition) is 0. The summed E-state index contributed by atoms with van der Waals surface area (Å²) in [6.07, 6.45) is 1.74. The Bertz CT molecular complexity index is 317. The number of rotatable bonds is 9. The number of carbonyl (C=O) groups excluding carboxylic acids is 1. The fraction of sp³-hybridized carbons (Fsp3) is 0.933. The third-order valence-electron chi connectivity index (χ3n) is 4.21. The molecule has 0 rings (SSSR count). The SMILES string of the molecule is C[C@@H](C=O)[C@@H](O[Si](C)(C)C(C)(C)C)[C@@H](C)COCP(C)P. The third kappa shape index (κ3) is 7.66. The van der Waals surface area contributed by atoms with Crippen molar-refractivity contribution in [1.82, 2.24) is 0 Å². The van der Waals surface area contributed by atoms with Crippen molar-refractivity contribution in [3.8, 4) is 0 Å². The Morgan fingerprint density at radius 3 is 2.19 bits per heavy atom. The monoisotopic (exact) mass is 352 g/mol. The van der Waals surface area contributed by atoms with Crippen molar-refractivity contribution < 1.29 is 14.0 Å². The first-order valence-electron chi connectivity index (χ1n) is 7.59. The molecule has 0 saturated heterocycles. The molecule has 21 heavy (non-hydrogen) atoms. The zero-order valence-corrected chi connectivity index (χ0v) is 18.0. The Morgan fingerprint density at radius 2 is 1.81 bits per heavy atom. The molecule has 5 atom stereocenters. The maximum atomic E-state index is 11.3. The number of ether oxygens (including phenoxy) is 1. The molecule has 0 heterocycles. The average molecular weight is 352 g/mol. The Kier molecular flexibility index (Phi) is 9.37. The minimum Gasteiger partial charge on any atom is -0.413 e. The van der Waals surface area contributed by atoms with E-state index < -0.39 is 8.32 Å². The highest BCUT2D eigenvalue weighted by Crippen LogP contribution is 2.40. The molecule has 3 nitrogen and oxygen atoms in total. The Labute approximate surface area is 135 Å². The predicted octanol–water partition coefficient (Wildman–Crippen LogP) is 4.72. The first-order valence-corrected chi connectivity index (χ1v) is 14.1. The maximum Gasteiger partial charge on any atom is 0.192 e. The number of aldehydes is 1. The van der Waals surface area contributed by atoms with Crippen molar-refractivity contribution in [3.05, 3.63) is 0 Å². The minimum absolute atomic E-state index is 0.0593. The highest BCUT2D eigenvalue weighted by atomic mass is 32.0. The molecule has 0 radical (unpaired) electrons. The second-order valence-corrected chi connectivity index (χ2v) is 16.7. The van der Waals surface area contributed by atoms with Gasteiger partial charge in [0.2, 0.25) is 0 Å². The van der Waals surface area contributed by atoms with Crippen LogP contribution in [0, 0.1) is 11.8 Å². The lowest BCUT2D eigenvalue weighted by molar-refractivity contribution is -0.114. The normalized spacial score (nSPS) is 18.9. The van der Waals surface area contributed by atoms with Crippen LogP contribution >= 0.6 is 16.5 Å². The van der Waals surface area contributed by atoms with Gasteiger partial charge in [-0.15, -0.1) is 8.93 Å². The largest absolute Gasteiger partial charge is 0.413 e. The summed E-state index contributed by atoms with van der Waals surface area (Å²) in [5, 5.41) is 0.145. The lowest BCUT2D eigenvalue weighted by Gasteiger charge is -2.42. The molecule has 0 aromatic heterocycles. The molecule has 0 saturated carbocycles. The van der Waals surface area contributed by atoms with Crippen molar-refractivity contribution in [1.29, 1.82) is 0 Å². The van der Waals surface area contributed by atoms with E-state index in [1.54, 1.807) is 0 Å². The molecule has 0 N–H and O–H groups in total. The van der Waals surface area contributed by atoms with Crippen molar-refractivity contribution in [3.63, 3.8) is 0 Å². The molecule has 0 spiro atoms. The molecule has 0 aromatic rings. The van der Waals surface area contributed by atoms with Crippen molar-refractivity contribution in [2.24, 2.45) is 11.8 Å². The zero-order chi connectivity index (χ0) is 16.8. The second-order valence-electron chi connectivity index (χ2n) is 7.57. The lowest BCUT2D eigenvalue weighted by atomic mass is 9.95. The molecule has 0 aliphatic rings. The quantitative estimate of drug-likeness (QED) is 0.342. The average Bonchev–Trinajstić information content (AvgIpc) is 2.33. The van der Waals surface area contributed by atoms with Crippen LogP contribution in [0.25, 0.3) is 0 Å². The van der Waals surface area contributed by atoms with E-state index in [2.05, 4.69) is 56.4 Å². The van der Waals surface area contributed by atoms with Crippen LogP contribution in [0.2, 0.25) is 18.1 Å². The van der Waals surface area contributed by atoms with Crippen LogP contribution in [0.15, 0.2) is 0 Å². The zero-order valence-electron chi connectivity index (χ0n) is 15.0. The highest BCUT2D eigenvalue weighted by Gasteiger charge is 2.41. The summed E-state index contributed by atoms with van der Waals surface area (Å²) in [6.45, 7) is 18.0. The van der Waals surface area contributed by atoms with Crippen LogP contribution in [-0.4, -0.2) is 40.3 Å². The van der Waals surface area contributed by atoms with Crippen molar-refractivity contribution >= 4 is 31.1 Å². The number of hydrogen-bond acceptors (Lipinski definition) is 3. The minimum atomic E-state index is -1.89. The molecule has 6 heteroatoms. The van der Waals surface area contributed by atoms with Gasteiger partial charge in [0.15, 0.2) is 8.32 Å². The summed E-state index contributed by atoms with van der Waals surface area (Å²) >= 11 is 0. The lowest BCUT2D eigenvalue weighted by Crippen LogP contribution is -2.48. The fourth-order valence-corrected chi connectivity index (χ4v) is 4.00. The summed E-state index contributed by atoms with van der Waals surface area (Å²) in [7, 11) is 0.791. The van der Waals surface area contributed by atoms with Crippen molar-refractivity contribution in [2.45, 2.75) is 58.9 Å². The van der Waals surface area contributed by atoms with Gasteiger partial charge in [0.05, 0.1) is 19.1 Å². The maximum absolute atomic E-state index is 11.3. The standard InChI is InChI=1S/C15H34O3P2Si/c1-12(9-16)14(13(2)10-17-11-20(6)19)18-21(7,8)15(3,4)5/h9,12-14H,10-11,19H2,1-8H3/t12-,13-,14+,20?/m0/s1. The fourth-order valence-electron chi connectivity index (χ4n) is 1.81. The van der Waals surface area contributed by atoms with E-state index in [9.17, 15) is 4.79 Å². The van der Waals surface area contributed by atoms with Crippen LogP contribution in [0.3, 0.4) is 0 Å². The first kappa shape index (κ1) is 21.7. The summed E-state index contributed by atoms with van der Waals surface area (Å²) < 4.78 is 12.3. The van der Waals surface area contributed by atoms with E-state index in [-0.39, 0.29) is 30.6 Å². The van der Waals surface area contributed by atoms with Gasteiger partial charge in [-0.25, -0.2) is 0 Å². The predicted molar refractivity (Wildman–Crippen MR) is 99.8 cm³/mol. The summed E-state index contributed by atoms with van der Waals surface area (Å²) in [6, 6.07) is 0. The van der Waals surface area contributed by atoms with Gasteiger partial charge in [-0.1, -0.05) is 42.2 Å². The van der Waals surface area contributed by atoms with E-state index >= 15 is 0 Å². The van der Waals surface area contributed by atoms with Crippen LogP contribution in [0.5, 0.6) is 0 Å². The summed E-state index contributed by atoms with van der Waals surface area (Å²) in [5.41, 5.74) is 0. The molecule has 126 valence electrons. The summed E-state index contributed by atoms with van der Waals surface area (Å²) in [4.78, 5) is 11.3. The van der Waals surface area contributed by atoms with Gasteiger partial charge in [0.1, 0.15) is 6.29 Å². The molecule has 0 aliphatic heterocycles. The van der Waals surface area contributed by atoms with Crippen molar-refractivity contribution in [2.75, 3.05) is 19.6 Å². The topological polar surface area (TPSA) is 35.5 Å². The van der Waals surface area contributed by atoms with E-state index in [4.69, 9.17) is 9.16 Å². The van der Waals surface area contributed by atoms with Crippen LogP contribution in [0.1, 0.15) is 34.6 Å². The Hall–Kier alpha value is 0.667. The molecule has 2 unspecified atom stereocenters. The van der Waals surface area contributed by atoms with E-state index in [0.29, 0.717) is 6.61 Å². The van der Waals surface area contributed by atoms with Gasteiger partial charge >= 0.3 is 0 Å². The van der Waals surface area contributed by atoms with E-state index in [0.717, 1.165) is 12.6 Å². The van der Waals surface area contributed by atoms with Gasteiger partial charge in [0.25, 0.3) is 0 Å². The molecule has 0 amide bonds. The van der Waals surface area contributed by atoms with Gasteiger partial charge in [-0.05, 0) is 24.8 Å². The Balaban J connectivity index is 4.84. The van der Waals surface area contributed by atoms with E-state index in [1.165, 1.54) is 0 Å².